The number of nitrogens with zero attached hydrogens (tertiary/aromatic N) is 1. The van der Waals surface area contributed by atoms with Gasteiger partial charge in [-0.05, 0) is 49.2 Å². The number of hydrogen-bond acceptors (Lipinski definition) is 5. The SMILES string of the molecule is CCCCCCC(=NOC(=O)CC)C(=O)c1ccc(Sc2ccccc2)cc1. The summed E-state index contributed by atoms with van der Waals surface area (Å²) in [5.41, 5.74) is 0.862. The number of benzene rings is 2. The Labute approximate surface area is 171 Å². The van der Waals surface area contributed by atoms with Crippen LogP contribution < -0.4 is 0 Å². The predicted octanol–water partition coefficient (Wildman–Crippen LogP) is 6.30. The zero-order valence-electron chi connectivity index (χ0n) is 16.5. The minimum atomic E-state index is -0.437. The maximum Gasteiger partial charge on any atom is 0.334 e. The molecule has 148 valence electrons. The number of Topliss-reactive ketones (excluding diaryl/α,β-unsaturated/α-hetero) is 1. The van der Waals surface area contributed by atoms with Crippen molar-refractivity contribution in [1.29, 1.82) is 0 Å². The minimum Gasteiger partial charge on any atom is -0.318 e. The lowest BCUT2D eigenvalue weighted by atomic mass is 10.0. The Morgan fingerprint density at radius 3 is 2.21 bits per heavy atom. The monoisotopic (exact) mass is 397 g/mol. The van der Waals surface area contributed by atoms with Crippen LogP contribution in [0.1, 0.15) is 62.7 Å². The van der Waals surface area contributed by atoms with Gasteiger partial charge in [-0.3, -0.25) is 4.79 Å². The van der Waals surface area contributed by atoms with Gasteiger partial charge in [-0.1, -0.05) is 68.2 Å². The van der Waals surface area contributed by atoms with Crippen LogP contribution in [0.2, 0.25) is 0 Å². The summed E-state index contributed by atoms with van der Waals surface area (Å²) in [6, 6.07) is 17.5. The topological polar surface area (TPSA) is 55.7 Å². The average Bonchev–Trinajstić information content (AvgIpc) is 2.74. The molecular formula is C23H27NO3S. The molecule has 0 atom stereocenters. The number of carbonyl (C=O) groups is 2. The van der Waals surface area contributed by atoms with Crippen LogP contribution in [-0.2, 0) is 9.63 Å². The standard InChI is InChI=1S/C23H27NO3S/c1-3-5-6-10-13-21(24-27-22(25)4-2)23(26)18-14-16-20(17-15-18)28-19-11-8-7-9-12-19/h7-9,11-12,14-17H,3-6,10,13H2,1-2H3. The van der Waals surface area contributed by atoms with Gasteiger partial charge in [0.1, 0.15) is 5.71 Å². The highest BCUT2D eigenvalue weighted by Gasteiger charge is 2.16. The molecule has 0 heterocycles. The summed E-state index contributed by atoms with van der Waals surface area (Å²) in [6.07, 6.45) is 4.84. The maximum absolute atomic E-state index is 12.9. The number of hydrogen-bond donors (Lipinski definition) is 0. The van der Waals surface area contributed by atoms with Crippen LogP contribution in [0.4, 0.5) is 0 Å². The van der Waals surface area contributed by atoms with E-state index in [1.807, 2.05) is 42.5 Å². The van der Waals surface area contributed by atoms with Gasteiger partial charge in [-0.25, -0.2) is 4.79 Å². The predicted molar refractivity (Wildman–Crippen MR) is 114 cm³/mol. The third-order valence-electron chi connectivity index (χ3n) is 4.17. The van der Waals surface area contributed by atoms with E-state index < -0.39 is 5.97 Å². The summed E-state index contributed by atoms with van der Waals surface area (Å²) >= 11 is 1.64. The third-order valence-corrected chi connectivity index (χ3v) is 5.19. The molecule has 2 aromatic rings. The van der Waals surface area contributed by atoms with Gasteiger partial charge in [-0.2, -0.15) is 0 Å². The molecule has 2 aromatic carbocycles. The van der Waals surface area contributed by atoms with E-state index in [2.05, 4.69) is 12.1 Å². The molecule has 0 spiro atoms. The second-order valence-corrected chi connectivity index (χ2v) is 7.58. The molecule has 2 rings (SSSR count). The number of ketones is 1. The molecule has 0 aliphatic heterocycles. The molecule has 0 aliphatic carbocycles. The summed E-state index contributed by atoms with van der Waals surface area (Å²) in [4.78, 5) is 31.4. The van der Waals surface area contributed by atoms with Gasteiger partial charge in [0.15, 0.2) is 0 Å². The first-order valence-electron chi connectivity index (χ1n) is 9.78. The molecule has 0 N–H and O–H groups in total. The lowest BCUT2D eigenvalue weighted by Gasteiger charge is -2.07. The summed E-state index contributed by atoms with van der Waals surface area (Å²) < 4.78 is 0. The van der Waals surface area contributed by atoms with Crippen LogP contribution in [0.5, 0.6) is 0 Å². The van der Waals surface area contributed by atoms with E-state index in [0.29, 0.717) is 17.7 Å². The van der Waals surface area contributed by atoms with E-state index in [-0.39, 0.29) is 12.2 Å². The molecule has 0 fully saturated rings. The van der Waals surface area contributed by atoms with Crippen LogP contribution in [-0.4, -0.2) is 17.5 Å². The van der Waals surface area contributed by atoms with Crippen LogP contribution in [0, 0.1) is 0 Å². The normalized spacial score (nSPS) is 11.3. The first-order valence-corrected chi connectivity index (χ1v) is 10.6. The Morgan fingerprint density at radius 1 is 0.893 bits per heavy atom. The van der Waals surface area contributed by atoms with Crippen molar-refractivity contribution in [2.24, 2.45) is 5.16 Å². The van der Waals surface area contributed by atoms with Crippen molar-refractivity contribution in [3.63, 3.8) is 0 Å². The molecule has 0 aliphatic rings. The van der Waals surface area contributed by atoms with Crippen molar-refractivity contribution < 1.29 is 14.4 Å². The fourth-order valence-corrected chi connectivity index (χ4v) is 3.39. The Balaban J connectivity index is 2.07. The molecule has 0 radical (unpaired) electrons. The smallest absolute Gasteiger partial charge is 0.318 e. The van der Waals surface area contributed by atoms with E-state index in [9.17, 15) is 9.59 Å². The van der Waals surface area contributed by atoms with Crippen LogP contribution in [0.15, 0.2) is 69.5 Å². The molecule has 28 heavy (non-hydrogen) atoms. The van der Waals surface area contributed by atoms with Crippen molar-refractivity contribution in [1.82, 2.24) is 0 Å². The summed E-state index contributed by atoms with van der Waals surface area (Å²) in [5.74, 6) is -0.620. The van der Waals surface area contributed by atoms with Gasteiger partial charge in [-0.15, -0.1) is 0 Å². The largest absolute Gasteiger partial charge is 0.334 e. The minimum absolute atomic E-state index is 0.184. The highest BCUT2D eigenvalue weighted by atomic mass is 32.2. The van der Waals surface area contributed by atoms with Gasteiger partial charge in [0.05, 0.1) is 0 Å². The van der Waals surface area contributed by atoms with Gasteiger partial charge < -0.3 is 4.84 Å². The van der Waals surface area contributed by atoms with E-state index >= 15 is 0 Å². The fraction of sp³-hybridized carbons (Fsp3) is 0.348. The zero-order chi connectivity index (χ0) is 20.2. The number of oxime groups is 1. The molecular weight excluding hydrogens is 370 g/mol. The quantitative estimate of drug-likeness (QED) is 0.147. The molecule has 0 bridgehead atoms. The second-order valence-electron chi connectivity index (χ2n) is 6.43. The van der Waals surface area contributed by atoms with E-state index in [4.69, 9.17) is 4.84 Å². The lowest BCUT2D eigenvalue weighted by Crippen LogP contribution is -2.16. The number of unbranched alkanes of at least 4 members (excludes halogenated alkanes) is 3. The van der Waals surface area contributed by atoms with Crippen LogP contribution in [0.25, 0.3) is 0 Å². The molecule has 0 unspecified atom stereocenters. The summed E-state index contributed by atoms with van der Waals surface area (Å²) in [7, 11) is 0. The third kappa shape index (κ3) is 7.31. The summed E-state index contributed by atoms with van der Waals surface area (Å²) in [5, 5.41) is 3.87. The molecule has 0 saturated carbocycles. The average molecular weight is 398 g/mol. The van der Waals surface area contributed by atoms with E-state index in [1.165, 1.54) is 0 Å². The van der Waals surface area contributed by atoms with Gasteiger partial charge in [0.25, 0.3) is 0 Å². The number of rotatable bonds is 11. The van der Waals surface area contributed by atoms with Crippen LogP contribution in [0.3, 0.4) is 0 Å². The van der Waals surface area contributed by atoms with E-state index in [0.717, 1.165) is 35.5 Å². The molecule has 0 saturated heterocycles. The highest BCUT2D eigenvalue weighted by Crippen LogP contribution is 2.27. The maximum atomic E-state index is 12.9. The van der Waals surface area contributed by atoms with Crippen LogP contribution >= 0.6 is 11.8 Å². The summed E-state index contributed by atoms with van der Waals surface area (Å²) in [6.45, 7) is 3.84. The van der Waals surface area contributed by atoms with Gasteiger partial charge in [0, 0.05) is 21.8 Å². The Bertz CT molecular complexity index is 785. The molecule has 0 aromatic heterocycles. The zero-order valence-corrected chi connectivity index (χ0v) is 17.3. The highest BCUT2D eigenvalue weighted by molar-refractivity contribution is 7.99. The van der Waals surface area contributed by atoms with Crippen molar-refractivity contribution >= 4 is 29.2 Å². The molecule has 0 amide bonds. The molecule has 5 heteroatoms. The van der Waals surface area contributed by atoms with Gasteiger partial charge in [0.2, 0.25) is 5.78 Å². The first-order chi connectivity index (χ1) is 13.6. The Kier molecular flexibility index (Phi) is 9.49. The fourth-order valence-electron chi connectivity index (χ4n) is 2.56. The van der Waals surface area contributed by atoms with E-state index in [1.54, 1.807) is 30.8 Å². The van der Waals surface area contributed by atoms with Crippen molar-refractivity contribution in [3.8, 4) is 0 Å². The second kappa shape index (κ2) is 12.1. The Morgan fingerprint density at radius 2 is 1.57 bits per heavy atom. The van der Waals surface area contributed by atoms with Gasteiger partial charge >= 0.3 is 5.97 Å². The first kappa shape index (κ1) is 21.9. The van der Waals surface area contributed by atoms with Crippen molar-refractivity contribution in [3.05, 3.63) is 60.2 Å². The van der Waals surface area contributed by atoms with Crippen molar-refractivity contribution in [2.75, 3.05) is 0 Å². The van der Waals surface area contributed by atoms with Crippen molar-refractivity contribution in [2.45, 2.75) is 62.2 Å². The molecule has 4 nitrogen and oxygen atoms in total. The lowest BCUT2D eigenvalue weighted by molar-refractivity contribution is -0.143. The Hall–Kier alpha value is -2.40. The number of carbonyl (C=O) groups excluding carboxylic acids is 2.